The first-order valence-electron chi connectivity index (χ1n) is 11.4. The largest absolute Gasteiger partial charge is 0.390 e. The highest BCUT2D eigenvalue weighted by Gasteiger charge is 2.57. The van der Waals surface area contributed by atoms with Crippen molar-refractivity contribution in [3.8, 4) is 0 Å². The fourth-order valence-corrected chi connectivity index (χ4v) is 6.72. The number of rotatable bonds is 4. The van der Waals surface area contributed by atoms with Gasteiger partial charge >= 0.3 is 0 Å². The smallest absolute Gasteiger partial charge is 0.274 e. The lowest BCUT2D eigenvalue weighted by molar-refractivity contribution is -0.139. The average molecular weight is 448 g/mol. The van der Waals surface area contributed by atoms with E-state index in [0.717, 1.165) is 32.1 Å². The van der Waals surface area contributed by atoms with Gasteiger partial charge in [-0.25, -0.2) is 9.37 Å². The number of fused-ring (bicyclic) bond motifs is 1. The predicted octanol–water partition coefficient (Wildman–Crippen LogP) is 3.54. The van der Waals surface area contributed by atoms with Gasteiger partial charge in [0.15, 0.2) is 0 Å². The number of imidazole rings is 1. The highest BCUT2D eigenvalue weighted by atomic mass is 19.1. The van der Waals surface area contributed by atoms with Gasteiger partial charge in [0.2, 0.25) is 0 Å². The lowest BCUT2D eigenvalue weighted by atomic mass is 9.51. The van der Waals surface area contributed by atoms with Crippen LogP contribution in [0.5, 0.6) is 0 Å². The van der Waals surface area contributed by atoms with Crippen molar-refractivity contribution >= 4 is 23.1 Å². The zero-order chi connectivity index (χ0) is 22.8. The standard InChI is InChI=1S/C25H25FN4O3/c26-18-5-4-17(8-19(18)28-23(32)20-13-27-21-3-1-2-6-30(20)21)22(31)29-24-9-15-7-16(10-24)12-25(33,11-15)14-24/h1-6,8,13,15-16,33H,7,9-12,14H2,(H,28,32)(H,29,31)/t15-,16+,24?,25?. The number of aliphatic hydroxyl groups is 1. The fourth-order valence-electron chi connectivity index (χ4n) is 6.72. The Bertz CT molecular complexity index is 1270. The molecule has 170 valence electrons. The van der Waals surface area contributed by atoms with E-state index < -0.39 is 22.9 Å². The first-order chi connectivity index (χ1) is 15.8. The number of anilines is 1. The summed E-state index contributed by atoms with van der Waals surface area (Å²) in [5.74, 6) is -0.590. The van der Waals surface area contributed by atoms with E-state index in [1.807, 2.05) is 6.07 Å². The van der Waals surface area contributed by atoms with Crippen molar-refractivity contribution in [2.24, 2.45) is 11.8 Å². The topological polar surface area (TPSA) is 95.7 Å². The van der Waals surface area contributed by atoms with Crippen LogP contribution in [-0.4, -0.2) is 37.4 Å². The molecule has 4 aliphatic carbocycles. The van der Waals surface area contributed by atoms with Gasteiger partial charge in [0, 0.05) is 17.3 Å². The van der Waals surface area contributed by atoms with Gasteiger partial charge in [-0.2, -0.15) is 0 Å². The summed E-state index contributed by atoms with van der Waals surface area (Å²) in [4.78, 5) is 30.1. The summed E-state index contributed by atoms with van der Waals surface area (Å²) in [6.07, 6.45) is 8.20. The second-order valence-corrected chi connectivity index (χ2v) is 10.1. The van der Waals surface area contributed by atoms with Crippen LogP contribution in [0.2, 0.25) is 0 Å². The van der Waals surface area contributed by atoms with Crippen molar-refractivity contribution < 1.29 is 19.1 Å². The molecule has 4 fully saturated rings. The minimum atomic E-state index is -0.687. The van der Waals surface area contributed by atoms with Crippen molar-refractivity contribution in [2.45, 2.75) is 49.7 Å². The van der Waals surface area contributed by atoms with Gasteiger partial charge in [-0.05, 0) is 80.7 Å². The quantitative estimate of drug-likeness (QED) is 0.569. The maximum Gasteiger partial charge on any atom is 0.274 e. The molecule has 7 nitrogen and oxygen atoms in total. The Balaban J connectivity index is 1.23. The van der Waals surface area contributed by atoms with Gasteiger partial charge in [-0.3, -0.25) is 14.0 Å². The zero-order valence-corrected chi connectivity index (χ0v) is 18.1. The van der Waals surface area contributed by atoms with Gasteiger partial charge in [0.25, 0.3) is 11.8 Å². The van der Waals surface area contributed by atoms with Crippen LogP contribution >= 0.6 is 0 Å². The average Bonchev–Trinajstić information content (AvgIpc) is 3.17. The molecule has 8 heteroatoms. The normalized spacial score (nSPS) is 29.9. The van der Waals surface area contributed by atoms with Crippen LogP contribution in [0.15, 0.2) is 48.8 Å². The van der Waals surface area contributed by atoms with Gasteiger partial charge in [0.05, 0.1) is 17.5 Å². The second kappa shape index (κ2) is 7.12. The Kier molecular flexibility index (Phi) is 4.39. The molecule has 0 aliphatic heterocycles. The summed E-state index contributed by atoms with van der Waals surface area (Å²) < 4.78 is 16.1. The molecule has 2 aromatic heterocycles. The summed E-state index contributed by atoms with van der Waals surface area (Å²) in [6.45, 7) is 0. The molecule has 3 N–H and O–H groups in total. The Morgan fingerprint density at radius 2 is 1.88 bits per heavy atom. The van der Waals surface area contributed by atoms with Crippen LogP contribution < -0.4 is 10.6 Å². The molecule has 2 amide bonds. The van der Waals surface area contributed by atoms with Crippen LogP contribution in [0.3, 0.4) is 0 Å². The van der Waals surface area contributed by atoms with E-state index in [1.165, 1.54) is 24.4 Å². The third kappa shape index (κ3) is 3.49. The van der Waals surface area contributed by atoms with Crippen LogP contribution in [0.1, 0.15) is 59.4 Å². The van der Waals surface area contributed by atoms with Crippen molar-refractivity contribution in [3.63, 3.8) is 0 Å². The number of carbonyl (C=O) groups is 2. The summed E-state index contributed by atoms with van der Waals surface area (Å²) in [5, 5.41) is 16.7. The Morgan fingerprint density at radius 3 is 2.64 bits per heavy atom. The molecule has 2 heterocycles. The van der Waals surface area contributed by atoms with Gasteiger partial charge in [-0.15, -0.1) is 0 Å². The Hall–Kier alpha value is -3.26. The van der Waals surface area contributed by atoms with E-state index in [-0.39, 0.29) is 22.9 Å². The minimum absolute atomic E-state index is 0.0670. The van der Waals surface area contributed by atoms with Crippen LogP contribution in [0, 0.1) is 17.7 Å². The molecule has 4 bridgehead atoms. The number of hydrogen-bond acceptors (Lipinski definition) is 4. The highest BCUT2D eigenvalue weighted by Crippen LogP contribution is 2.57. The number of halogens is 1. The molecule has 3 aromatic rings. The number of benzene rings is 1. The number of hydrogen-bond donors (Lipinski definition) is 3. The van der Waals surface area contributed by atoms with Gasteiger partial charge < -0.3 is 15.7 Å². The number of nitrogens with zero attached hydrogens (tertiary/aromatic N) is 2. The van der Waals surface area contributed by atoms with Crippen LogP contribution in [-0.2, 0) is 0 Å². The second-order valence-electron chi connectivity index (χ2n) is 10.1. The first kappa shape index (κ1) is 20.4. The molecule has 4 aliphatic rings. The summed E-state index contributed by atoms with van der Waals surface area (Å²) in [6, 6.07) is 9.33. The van der Waals surface area contributed by atoms with Crippen molar-refractivity contribution in [1.82, 2.24) is 14.7 Å². The Morgan fingerprint density at radius 1 is 1.09 bits per heavy atom. The van der Waals surface area contributed by atoms with E-state index in [2.05, 4.69) is 15.6 Å². The Labute approximate surface area is 190 Å². The minimum Gasteiger partial charge on any atom is -0.390 e. The molecular weight excluding hydrogens is 423 g/mol. The molecular formula is C25H25FN4O3. The molecule has 33 heavy (non-hydrogen) atoms. The number of amides is 2. The van der Waals surface area contributed by atoms with E-state index in [9.17, 15) is 19.1 Å². The van der Waals surface area contributed by atoms with Crippen LogP contribution in [0.4, 0.5) is 10.1 Å². The predicted molar refractivity (Wildman–Crippen MR) is 119 cm³/mol. The molecule has 7 rings (SSSR count). The van der Waals surface area contributed by atoms with Gasteiger partial charge in [0.1, 0.15) is 17.2 Å². The lowest BCUT2D eigenvalue weighted by Crippen LogP contribution is -2.65. The first-order valence-corrected chi connectivity index (χ1v) is 11.4. The van der Waals surface area contributed by atoms with E-state index >= 15 is 0 Å². The fraction of sp³-hybridized carbons (Fsp3) is 0.400. The van der Waals surface area contributed by atoms with Gasteiger partial charge in [-0.1, -0.05) is 6.07 Å². The van der Waals surface area contributed by atoms with Crippen molar-refractivity contribution in [3.05, 3.63) is 65.9 Å². The highest BCUT2D eigenvalue weighted by molar-refractivity contribution is 6.04. The number of aromatic nitrogens is 2. The van der Waals surface area contributed by atoms with Crippen LogP contribution in [0.25, 0.3) is 5.65 Å². The third-order valence-electron chi connectivity index (χ3n) is 7.54. The molecule has 0 spiro atoms. The summed E-state index contributed by atoms with van der Waals surface area (Å²) >= 11 is 0. The zero-order valence-electron chi connectivity index (χ0n) is 18.1. The van der Waals surface area contributed by atoms with Crippen molar-refractivity contribution in [2.75, 3.05) is 5.32 Å². The van der Waals surface area contributed by atoms with E-state index in [1.54, 1.807) is 22.7 Å². The maximum atomic E-state index is 14.5. The summed E-state index contributed by atoms with van der Waals surface area (Å²) in [5.41, 5.74) is -0.0252. The molecule has 0 radical (unpaired) electrons. The number of pyridine rings is 1. The SMILES string of the molecule is O=C(NC12C[C@@H]3C[C@@H](CC(O)(C3)C1)C2)c1ccc(F)c(NC(=O)c2cnc3ccccn23)c1. The lowest BCUT2D eigenvalue weighted by Gasteiger charge is -2.60. The molecule has 0 saturated heterocycles. The van der Waals surface area contributed by atoms with E-state index in [4.69, 9.17) is 0 Å². The number of carbonyl (C=O) groups excluding carboxylic acids is 2. The molecule has 2 unspecified atom stereocenters. The van der Waals surface area contributed by atoms with Crippen molar-refractivity contribution in [1.29, 1.82) is 0 Å². The maximum absolute atomic E-state index is 14.5. The monoisotopic (exact) mass is 448 g/mol. The molecule has 4 saturated carbocycles. The summed E-state index contributed by atoms with van der Waals surface area (Å²) in [7, 11) is 0. The molecule has 1 aromatic carbocycles. The molecule has 4 atom stereocenters. The third-order valence-corrected chi connectivity index (χ3v) is 7.54. The van der Waals surface area contributed by atoms with E-state index in [0.29, 0.717) is 23.9 Å². The number of nitrogens with one attached hydrogen (secondary N) is 2.